The molecule has 110 valence electrons. The van der Waals surface area contributed by atoms with E-state index in [2.05, 4.69) is 4.98 Å². The number of ketones is 1. The monoisotopic (exact) mass is 291 g/mol. The Labute approximate surface area is 121 Å². The van der Waals surface area contributed by atoms with Crippen LogP contribution in [0.4, 0.5) is 4.39 Å². The van der Waals surface area contributed by atoms with Crippen molar-refractivity contribution in [3.05, 3.63) is 47.5 Å². The summed E-state index contributed by atoms with van der Waals surface area (Å²) in [6.45, 7) is 0. The van der Waals surface area contributed by atoms with E-state index in [1.165, 1.54) is 33.6 Å². The van der Waals surface area contributed by atoms with Gasteiger partial charge in [0.05, 0.1) is 33.1 Å². The Bertz CT molecular complexity index is 673. The van der Waals surface area contributed by atoms with Crippen LogP contribution in [0.1, 0.15) is 15.9 Å². The highest BCUT2D eigenvalue weighted by atomic mass is 19.1. The number of hydrogen-bond donors (Lipinski definition) is 0. The summed E-state index contributed by atoms with van der Waals surface area (Å²) in [5, 5.41) is 0. The molecule has 0 radical (unpaired) electrons. The first kappa shape index (κ1) is 14.8. The molecule has 1 aromatic carbocycles. The van der Waals surface area contributed by atoms with Crippen molar-refractivity contribution in [2.75, 3.05) is 21.3 Å². The Morgan fingerprint density at radius 2 is 1.57 bits per heavy atom. The molecule has 1 heterocycles. The summed E-state index contributed by atoms with van der Waals surface area (Å²) in [5.41, 5.74) is 0.364. The van der Waals surface area contributed by atoms with Crippen LogP contribution in [0.5, 0.6) is 17.2 Å². The fourth-order valence-electron chi connectivity index (χ4n) is 1.90. The Morgan fingerprint density at radius 1 is 0.952 bits per heavy atom. The van der Waals surface area contributed by atoms with Gasteiger partial charge in [0.2, 0.25) is 0 Å². The van der Waals surface area contributed by atoms with Gasteiger partial charge in [-0.2, -0.15) is 0 Å². The fraction of sp³-hybridized carbons (Fsp3) is 0.200. The van der Waals surface area contributed by atoms with E-state index in [9.17, 15) is 9.18 Å². The summed E-state index contributed by atoms with van der Waals surface area (Å²) in [7, 11) is 4.37. The summed E-state index contributed by atoms with van der Waals surface area (Å²) in [4.78, 5) is 16.1. The molecule has 0 amide bonds. The standard InChI is InChI=1S/C15H14FNO4/c1-19-12-6-14(21-3)13(20-2)5-11(12)15(18)9-4-10(16)8-17-7-9/h4-8H,1-3H3. The van der Waals surface area contributed by atoms with Crippen molar-refractivity contribution < 1.29 is 23.4 Å². The molecule has 0 unspecified atom stereocenters. The van der Waals surface area contributed by atoms with Crippen LogP contribution < -0.4 is 14.2 Å². The molecule has 0 spiro atoms. The van der Waals surface area contributed by atoms with Gasteiger partial charge in [-0.25, -0.2) is 4.39 Å². The molecule has 6 heteroatoms. The van der Waals surface area contributed by atoms with Gasteiger partial charge in [-0.15, -0.1) is 0 Å². The van der Waals surface area contributed by atoms with Crippen molar-refractivity contribution >= 4 is 5.78 Å². The van der Waals surface area contributed by atoms with E-state index in [0.717, 1.165) is 12.3 Å². The first-order chi connectivity index (χ1) is 10.1. The number of ether oxygens (including phenoxy) is 3. The van der Waals surface area contributed by atoms with Crippen LogP contribution in [-0.2, 0) is 0 Å². The number of methoxy groups -OCH3 is 3. The summed E-state index contributed by atoms with van der Waals surface area (Å²) in [6.07, 6.45) is 2.32. The first-order valence-corrected chi connectivity index (χ1v) is 6.06. The summed E-state index contributed by atoms with van der Waals surface area (Å²) < 4.78 is 28.7. The van der Waals surface area contributed by atoms with E-state index in [1.54, 1.807) is 6.07 Å². The van der Waals surface area contributed by atoms with Gasteiger partial charge in [-0.3, -0.25) is 9.78 Å². The molecule has 0 fully saturated rings. The molecule has 0 N–H and O–H groups in total. The lowest BCUT2D eigenvalue weighted by Gasteiger charge is -2.13. The second-order valence-electron chi connectivity index (χ2n) is 4.13. The van der Waals surface area contributed by atoms with Crippen LogP contribution in [0, 0.1) is 5.82 Å². The van der Waals surface area contributed by atoms with Crippen LogP contribution in [-0.4, -0.2) is 32.1 Å². The minimum absolute atomic E-state index is 0.125. The quantitative estimate of drug-likeness (QED) is 0.792. The molecule has 0 aliphatic rings. The maximum atomic E-state index is 13.2. The first-order valence-electron chi connectivity index (χ1n) is 6.06. The summed E-state index contributed by atoms with van der Waals surface area (Å²) in [6, 6.07) is 4.15. The van der Waals surface area contributed by atoms with Crippen molar-refractivity contribution in [2.24, 2.45) is 0 Å². The molecular weight excluding hydrogens is 277 g/mol. The van der Waals surface area contributed by atoms with E-state index in [1.807, 2.05) is 0 Å². The van der Waals surface area contributed by atoms with Crippen molar-refractivity contribution in [1.82, 2.24) is 4.98 Å². The molecule has 0 saturated heterocycles. The fourth-order valence-corrected chi connectivity index (χ4v) is 1.90. The van der Waals surface area contributed by atoms with Gasteiger partial charge in [0, 0.05) is 17.8 Å². The van der Waals surface area contributed by atoms with Crippen molar-refractivity contribution in [1.29, 1.82) is 0 Å². The van der Waals surface area contributed by atoms with E-state index in [4.69, 9.17) is 14.2 Å². The number of pyridine rings is 1. The largest absolute Gasteiger partial charge is 0.496 e. The molecule has 0 aliphatic carbocycles. The van der Waals surface area contributed by atoms with Crippen LogP contribution >= 0.6 is 0 Å². The lowest BCUT2D eigenvalue weighted by molar-refractivity contribution is 0.103. The number of halogens is 1. The van der Waals surface area contributed by atoms with Gasteiger partial charge >= 0.3 is 0 Å². The number of hydrogen-bond acceptors (Lipinski definition) is 5. The van der Waals surface area contributed by atoms with Crippen molar-refractivity contribution in [2.45, 2.75) is 0 Å². The number of carbonyl (C=O) groups is 1. The summed E-state index contributed by atoms with van der Waals surface area (Å²) in [5.74, 6) is 0.122. The Balaban J connectivity index is 2.54. The van der Waals surface area contributed by atoms with Gasteiger partial charge in [-0.1, -0.05) is 0 Å². The number of nitrogens with zero attached hydrogens (tertiary/aromatic N) is 1. The number of aromatic nitrogens is 1. The zero-order chi connectivity index (χ0) is 15.4. The molecule has 0 atom stereocenters. The minimum Gasteiger partial charge on any atom is -0.496 e. The molecule has 21 heavy (non-hydrogen) atoms. The zero-order valence-electron chi connectivity index (χ0n) is 11.8. The predicted molar refractivity (Wildman–Crippen MR) is 73.7 cm³/mol. The topological polar surface area (TPSA) is 57.7 Å². The smallest absolute Gasteiger partial charge is 0.198 e. The van der Waals surface area contributed by atoms with Gasteiger partial charge in [0.15, 0.2) is 17.3 Å². The normalized spacial score (nSPS) is 10.1. The van der Waals surface area contributed by atoms with Crippen LogP contribution in [0.3, 0.4) is 0 Å². The highest BCUT2D eigenvalue weighted by molar-refractivity contribution is 6.11. The maximum Gasteiger partial charge on any atom is 0.198 e. The third-order valence-electron chi connectivity index (χ3n) is 2.92. The zero-order valence-corrected chi connectivity index (χ0v) is 11.8. The summed E-state index contributed by atoms with van der Waals surface area (Å²) >= 11 is 0. The average molecular weight is 291 g/mol. The Morgan fingerprint density at radius 3 is 2.14 bits per heavy atom. The number of carbonyl (C=O) groups excluding carboxylic acids is 1. The minimum atomic E-state index is -0.583. The Hall–Kier alpha value is -2.63. The predicted octanol–water partition coefficient (Wildman–Crippen LogP) is 2.48. The van der Waals surface area contributed by atoms with E-state index in [-0.39, 0.29) is 11.1 Å². The van der Waals surface area contributed by atoms with E-state index < -0.39 is 11.6 Å². The average Bonchev–Trinajstić information content (AvgIpc) is 2.52. The third kappa shape index (κ3) is 2.94. The molecule has 1 aromatic heterocycles. The second kappa shape index (κ2) is 6.21. The van der Waals surface area contributed by atoms with Crippen LogP contribution in [0.15, 0.2) is 30.6 Å². The molecule has 0 bridgehead atoms. The van der Waals surface area contributed by atoms with E-state index in [0.29, 0.717) is 17.2 Å². The van der Waals surface area contributed by atoms with E-state index >= 15 is 0 Å². The van der Waals surface area contributed by atoms with Crippen molar-refractivity contribution in [3.8, 4) is 17.2 Å². The highest BCUT2D eigenvalue weighted by Gasteiger charge is 2.19. The SMILES string of the molecule is COc1cc(OC)c(C(=O)c2cncc(F)c2)cc1OC. The van der Waals surface area contributed by atoms with Gasteiger partial charge in [-0.05, 0) is 12.1 Å². The van der Waals surface area contributed by atoms with Crippen molar-refractivity contribution in [3.63, 3.8) is 0 Å². The van der Waals surface area contributed by atoms with Gasteiger partial charge < -0.3 is 14.2 Å². The number of rotatable bonds is 5. The van der Waals surface area contributed by atoms with Crippen LogP contribution in [0.2, 0.25) is 0 Å². The third-order valence-corrected chi connectivity index (χ3v) is 2.92. The molecule has 0 saturated carbocycles. The van der Waals surface area contributed by atoms with Gasteiger partial charge in [0.25, 0.3) is 0 Å². The Kier molecular flexibility index (Phi) is 4.37. The van der Waals surface area contributed by atoms with Crippen LogP contribution in [0.25, 0.3) is 0 Å². The number of benzene rings is 1. The molecular formula is C15H14FNO4. The van der Waals surface area contributed by atoms with Gasteiger partial charge in [0.1, 0.15) is 11.6 Å². The highest BCUT2D eigenvalue weighted by Crippen LogP contribution is 2.35. The molecule has 0 aliphatic heterocycles. The molecule has 2 aromatic rings. The lowest BCUT2D eigenvalue weighted by atomic mass is 10.0. The lowest BCUT2D eigenvalue weighted by Crippen LogP contribution is -2.06. The molecule has 2 rings (SSSR count). The second-order valence-corrected chi connectivity index (χ2v) is 4.13. The molecule has 5 nitrogen and oxygen atoms in total. The maximum absolute atomic E-state index is 13.2.